The molecule has 88 valence electrons. The van der Waals surface area contributed by atoms with E-state index in [1.807, 2.05) is 32.9 Å². The van der Waals surface area contributed by atoms with E-state index in [9.17, 15) is 0 Å². The largest absolute Gasteiger partial charge is 0.0985 e. The lowest BCUT2D eigenvalue weighted by Crippen LogP contribution is -1.85. The van der Waals surface area contributed by atoms with Gasteiger partial charge < -0.3 is 0 Å². The van der Waals surface area contributed by atoms with Gasteiger partial charge in [-0.15, -0.1) is 0 Å². The number of allylic oxidation sites excluding steroid dienone is 9. The molecular weight excluding hydrogens is 192 g/mol. The van der Waals surface area contributed by atoms with Gasteiger partial charge in [-0.3, -0.25) is 0 Å². The first-order valence-electron chi connectivity index (χ1n) is 6.20. The maximum Gasteiger partial charge on any atom is -0.0231 e. The van der Waals surface area contributed by atoms with E-state index in [2.05, 4.69) is 37.0 Å². The minimum atomic E-state index is 1.16. The molecular formula is C16H24. The SMILES string of the molecule is C=C/C(=C\C=C/C)C1=CC=CCCC1.CC. The average molecular weight is 216 g/mol. The molecule has 0 radical (unpaired) electrons. The minimum absolute atomic E-state index is 1.16. The summed E-state index contributed by atoms with van der Waals surface area (Å²) in [6, 6.07) is 0. The lowest BCUT2D eigenvalue weighted by atomic mass is 10.0. The van der Waals surface area contributed by atoms with Gasteiger partial charge in [0.1, 0.15) is 0 Å². The van der Waals surface area contributed by atoms with Crippen LogP contribution in [-0.2, 0) is 0 Å². The molecule has 1 rings (SSSR count). The lowest BCUT2D eigenvalue weighted by molar-refractivity contribution is 0.849. The van der Waals surface area contributed by atoms with Crippen LogP contribution in [0.5, 0.6) is 0 Å². The Balaban J connectivity index is 0.00000106. The van der Waals surface area contributed by atoms with E-state index in [1.165, 1.54) is 24.0 Å². The third-order valence-electron chi connectivity index (χ3n) is 2.31. The maximum atomic E-state index is 3.85. The van der Waals surface area contributed by atoms with Gasteiger partial charge in [0.15, 0.2) is 0 Å². The van der Waals surface area contributed by atoms with Crippen LogP contribution in [0.25, 0.3) is 0 Å². The van der Waals surface area contributed by atoms with Gasteiger partial charge in [0, 0.05) is 0 Å². The van der Waals surface area contributed by atoms with E-state index in [1.54, 1.807) is 0 Å². The minimum Gasteiger partial charge on any atom is -0.0985 e. The van der Waals surface area contributed by atoms with E-state index in [-0.39, 0.29) is 0 Å². The summed E-state index contributed by atoms with van der Waals surface area (Å²) in [5, 5.41) is 0. The molecule has 0 fully saturated rings. The molecule has 0 nitrogen and oxygen atoms in total. The van der Waals surface area contributed by atoms with Crippen LogP contribution in [-0.4, -0.2) is 0 Å². The van der Waals surface area contributed by atoms with E-state index in [0.717, 1.165) is 6.42 Å². The zero-order chi connectivity index (χ0) is 12.2. The van der Waals surface area contributed by atoms with Crippen LogP contribution in [0, 0.1) is 0 Å². The third-order valence-corrected chi connectivity index (χ3v) is 2.31. The monoisotopic (exact) mass is 216 g/mol. The van der Waals surface area contributed by atoms with Gasteiger partial charge >= 0.3 is 0 Å². The number of hydrogen-bond donors (Lipinski definition) is 0. The van der Waals surface area contributed by atoms with Crippen molar-refractivity contribution >= 4 is 0 Å². The summed E-state index contributed by atoms with van der Waals surface area (Å²) >= 11 is 0. The molecule has 0 saturated carbocycles. The van der Waals surface area contributed by atoms with Gasteiger partial charge in [-0.2, -0.15) is 0 Å². The summed E-state index contributed by atoms with van der Waals surface area (Å²) in [7, 11) is 0. The van der Waals surface area contributed by atoms with Gasteiger partial charge in [0.2, 0.25) is 0 Å². The Morgan fingerprint density at radius 2 is 2.12 bits per heavy atom. The normalized spacial score (nSPS) is 16.2. The number of hydrogen-bond acceptors (Lipinski definition) is 0. The van der Waals surface area contributed by atoms with Gasteiger partial charge in [0.25, 0.3) is 0 Å². The maximum absolute atomic E-state index is 3.85. The summed E-state index contributed by atoms with van der Waals surface area (Å²) in [5.74, 6) is 0. The first-order valence-corrected chi connectivity index (χ1v) is 6.20. The fourth-order valence-electron chi connectivity index (χ4n) is 1.52. The van der Waals surface area contributed by atoms with E-state index >= 15 is 0 Å². The first kappa shape index (κ1) is 14.7. The molecule has 0 N–H and O–H groups in total. The zero-order valence-corrected chi connectivity index (χ0v) is 10.9. The third kappa shape index (κ3) is 5.55. The molecule has 0 bridgehead atoms. The van der Waals surface area contributed by atoms with Crippen LogP contribution >= 0.6 is 0 Å². The van der Waals surface area contributed by atoms with E-state index in [4.69, 9.17) is 0 Å². The molecule has 0 spiro atoms. The standard InChI is InChI=1S/C14H18.C2H6/c1-3-5-10-13(4-2)14-11-8-6-7-9-12-14;1-2/h3-6,8,10-11H,2,7,9,12H2,1H3;1-2H3/b5-3-,13-10+;. The van der Waals surface area contributed by atoms with Gasteiger partial charge in [-0.25, -0.2) is 0 Å². The smallest absolute Gasteiger partial charge is 0.0231 e. The van der Waals surface area contributed by atoms with Gasteiger partial charge in [-0.1, -0.05) is 63.0 Å². The molecule has 0 saturated heterocycles. The Kier molecular flexibility index (Phi) is 9.39. The van der Waals surface area contributed by atoms with Crippen molar-refractivity contribution < 1.29 is 0 Å². The Hall–Kier alpha value is -1.30. The molecule has 16 heavy (non-hydrogen) atoms. The van der Waals surface area contributed by atoms with Crippen molar-refractivity contribution in [2.75, 3.05) is 0 Å². The molecule has 0 heterocycles. The molecule has 1 aliphatic carbocycles. The van der Waals surface area contributed by atoms with E-state index in [0.29, 0.717) is 0 Å². The van der Waals surface area contributed by atoms with Gasteiger partial charge in [-0.05, 0) is 37.3 Å². The fraction of sp³-hybridized carbons (Fsp3) is 0.375. The van der Waals surface area contributed by atoms with Crippen molar-refractivity contribution in [3.8, 4) is 0 Å². The topological polar surface area (TPSA) is 0 Å². The highest BCUT2D eigenvalue weighted by atomic mass is 14.1. The average Bonchev–Trinajstić information content (AvgIpc) is 2.62. The molecule has 0 amide bonds. The summed E-state index contributed by atoms with van der Waals surface area (Å²) in [6.45, 7) is 9.88. The highest BCUT2D eigenvalue weighted by Crippen LogP contribution is 2.21. The molecule has 0 aromatic carbocycles. The number of rotatable bonds is 3. The molecule has 0 heteroatoms. The van der Waals surface area contributed by atoms with Crippen molar-refractivity contribution in [1.29, 1.82) is 0 Å². The molecule has 1 aliphatic rings. The van der Waals surface area contributed by atoms with Crippen LogP contribution < -0.4 is 0 Å². The van der Waals surface area contributed by atoms with Crippen molar-refractivity contribution in [3.05, 3.63) is 60.3 Å². The highest BCUT2D eigenvalue weighted by molar-refractivity contribution is 5.43. The molecule has 0 atom stereocenters. The summed E-state index contributed by atoms with van der Waals surface area (Å²) in [5.41, 5.74) is 2.64. The predicted octanol–water partition coefficient (Wildman–Crippen LogP) is 5.37. The Bertz CT molecular complexity index is 298. The van der Waals surface area contributed by atoms with Crippen LogP contribution in [0.2, 0.25) is 0 Å². The second-order valence-corrected chi connectivity index (χ2v) is 3.36. The summed E-state index contributed by atoms with van der Waals surface area (Å²) < 4.78 is 0. The molecule has 0 aromatic rings. The Morgan fingerprint density at radius 3 is 2.75 bits per heavy atom. The predicted molar refractivity (Wildman–Crippen MR) is 75.5 cm³/mol. The summed E-state index contributed by atoms with van der Waals surface area (Å²) in [4.78, 5) is 0. The van der Waals surface area contributed by atoms with Crippen molar-refractivity contribution in [2.24, 2.45) is 0 Å². The van der Waals surface area contributed by atoms with Crippen LogP contribution in [0.1, 0.15) is 40.0 Å². The van der Waals surface area contributed by atoms with Crippen molar-refractivity contribution in [3.63, 3.8) is 0 Å². The van der Waals surface area contributed by atoms with Crippen LogP contribution in [0.3, 0.4) is 0 Å². The van der Waals surface area contributed by atoms with Crippen LogP contribution in [0.15, 0.2) is 60.3 Å². The van der Waals surface area contributed by atoms with E-state index < -0.39 is 0 Å². The van der Waals surface area contributed by atoms with Crippen molar-refractivity contribution in [1.82, 2.24) is 0 Å². The summed E-state index contributed by atoms with van der Waals surface area (Å²) in [6.07, 6.45) is 18.3. The van der Waals surface area contributed by atoms with Crippen molar-refractivity contribution in [2.45, 2.75) is 40.0 Å². The molecule has 0 unspecified atom stereocenters. The first-order chi connectivity index (χ1) is 7.88. The Morgan fingerprint density at radius 1 is 1.38 bits per heavy atom. The fourth-order valence-corrected chi connectivity index (χ4v) is 1.52. The Labute approximate surface area is 101 Å². The molecule has 0 aliphatic heterocycles. The zero-order valence-electron chi connectivity index (χ0n) is 10.9. The van der Waals surface area contributed by atoms with Crippen LogP contribution in [0.4, 0.5) is 0 Å². The second-order valence-electron chi connectivity index (χ2n) is 3.36. The quantitative estimate of drug-likeness (QED) is 0.556. The molecule has 0 aromatic heterocycles. The lowest BCUT2D eigenvalue weighted by Gasteiger charge is -2.05. The second kappa shape index (κ2) is 10.2. The highest BCUT2D eigenvalue weighted by Gasteiger charge is 2.01. The van der Waals surface area contributed by atoms with Gasteiger partial charge in [0.05, 0.1) is 0 Å².